The SMILES string of the molecule is Cc1cccc(-n2nnnc2SCC(=O)Nc2ccc(-c3ccccc3)cc2)c1C. The van der Waals surface area contributed by atoms with Crippen LogP contribution in [0.5, 0.6) is 0 Å². The Morgan fingerprint density at radius 2 is 1.67 bits per heavy atom. The van der Waals surface area contributed by atoms with Crippen LogP contribution in [0, 0.1) is 13.8 Å². The maximum absolute atomic E-state index is 12.4. The van der Waals surface area contributed by atoms with Gasteiger partial charge in [0.1, 0.15) is 0 Å². The van der Waals surface area contributed by atoms with Crippen molar-refractivity contribution in [1.29, 1.82) is 0 Å². The molecule has 0 aliphatic rings. The van der Waals surface area contributed by atoms with E-state index in [0.29, 0.717) is 5.16 Å². The highest BCUT2D eigenvalue weighted by molar-refractivity contribution is 7.99. The zero-order valence-electron chi connectivity index (χ0n) is 16.7. The maximum Gasteiger partial charge on any atom is 0.234 e. The second kappa shape index (κ2) is 8.92. The molecule has 0 aliphatic heterocycles. The van der Waals surface area contributed by atoms with E-state index in [9.17, 15) is 4.79 Å². The number of aryl methyl sites for hydroxylation is 1. The summed E-state index contributed by atoms with van der Waals surface area (Å²) < 4.78 is 1.68. The Labute approximate surface area is 179 Å². The molecule has 1 N–H and O–H groups in total. The molecule has 0 aliphatic carbocycles. The third kappa shape index (κ3) is 4.41. The lowest BCUT2D eigenvalue weighted by Gasteiger charge is -2.10. The molecule has 150 valence electrons. The Morgan fingerprint density at radius 3 is 2.43 bits per heavy atom. The molecule has 1 aromatic heterocycles. The van der Waals surface area contributed by atoms with Crippen molar-refractivity contribution in [3.05, 3.63) is 83.9 Å². The van der Waals surface area contributed by atoms with Crippen LogP contribution in [-0.4, -0.2) is 31.9 Å². The Bertz CT molecular complexity index is 1160. The molecule has 30 heavy (non-hydrogen) atoms. The maximum atomic E-state index is 12.4. The molecule has 0 saturated heterocycles. The van der Waals surface area contributed by atoms with Gasteiger partial charge in [-0.2, -0.15) is 4.68 Å². The fourth-order valence-corrected chi connectivity index (χ4v) is 3.77. The van der Waals surface area contributed by atoms with Crippen LogP contribution in [0.15, 0.2) is 78.0 Å². The van der Waals surface area contributed by atoms with Gasteiger partial charge < -0.3 is 5.32 Å². The van der Waals surface area contributed by atoms with E-state index in [1.807, 2.05) is 74.5 Å². The van der Waals surface area contributed by atoms with E-state index >= 15 is 0 Å². The minimum Gasteiger partial charge on any atom is -0.325 e. The summed E-state index contributed by atoms with van der Waals surface area (Å²) in [6.45, 7) is 4.08. The third-order valence-electron chi connectivity index (χ3n) is 4.85. The molecule has 0 atom stereocenters. The number of hydrogen-bond donors (Lipinski definition) is 1. The number of hydrogen-bond acceptors (Lipinski definition) is 5. The summed E-state index contributed by atoms with van der Waals surface area (Å²) in [7, 11) is 0. The summed E-state index contributed by atoms with van der Waals surface area (Å²) in [4.78, 5) is 12.4. The minimum atomic E-state index is -0.108. The van der Waals surface area contributed by atoms with Gasteiger partial charge in [-0.15, -0.1) is 5.10 Å². The summed E-state index contributed by atoms with van der Waals surface area (Å²) in [5, 5.41) is 15.5. The van der Waals surface area contributed by atoms with Gasteiger partial charge in [-0.3, -0.25) is 4.79 Å². The van der Waals surface area contributed by atoms with Gasteiger partial charge in [0.15, 0.2) is 0 Å². The number of aromatic nitrogens is 4. The zero-order chi connectivity index (χ0) is 20.9. The van der Waals surface area contributed by atoms with Crippen molar-refractivity contribution in [2.24, 2.45) is 0 Å². The molecule has 0 fully saturated rings. The lowest BCUT2D eigenvalue weighted by molar-refractivity contribution is -0.113. The second-order valence-electron chi connectivity index (χ2n) is 6.87. The van der Waals surface area contributed by atoms with E-state index in [1.54, 1.807) is 4.68 Å². The van der Waals surface area contributed by atoms with Crippen LogP contribution in [0.25, 0.3) is 16.8 Å². The van der Waals surface area contributed by atoms with Gasteiger partial charge >= 0.3 is 0 Å². The number of carbonyl (C=O) groups excluding carboxylic acids is 1. The van der Waals surface area contributed by atoms with E-state index in [0.717, 1.165) is 33.6 Å². The molecule has 1 heterocycles. The normalized spacial score (nSPS) is 10.7. The van der Waals surface area contributed by atoms with Gasteiger partial charge in [0.2, 0.25) is 11.1 Å². The topological polar surface area (TPSA) is 72.7 Å². The second-order valence-corrected chi connectivity index (χ2v) is 7.82. The first-order chi connectivity index (χ1) is 14.6. The number of rotatable bonds is 6. The molecular formula is C23H21N5OS. The van der Waals surface area contributed by atoms with Crippen molar-refractivity contribution < 1.29 is 4.79 Å². The first-order valence-electron chi connectivity index (χ1n) is 9.55. The molecule has 7 heteroatoms. The van der Waals surface area contributed by atoms with Crippen LogP contribution in [0.3, 0.4) is 0 Å². The van der Waals surface area contributed by atoms with E-state index in [1.165, 1.54) is 11.8 Å². The summed E-state index contributed by atoms with van der Waals surface area (Å²) in [5.74, 6) is 0.106. The van der Waals surface area contributed by atoms with Gasteiger partial charge in [0, 0.05) is 5.69 Å². The van der Waals surface area contributed by atoms with E-state index in [-0.39, 0.29) is 11.7 Å². The predicted octanol–water partition coefficient (Wildman–Crippen LogP) is 4.68. The standard InChI is InChI=1S/C23H21N5OS/c1-16-7-6-10-21(17(16)2)28-23(25-26-27-28)30-15-22(29)24-20-13-11-19(12-14-20)18-8-4-3-5-9-18/h3-14H,15H2,1-2H3,(H,24,29). The van der Waals surface area contributed by atoms with E-state index in [4.69, 9.17) is 0 Å². The lowest BCUT2D eigenvalue weighted by atomic mass is 10.1. The first kappa shape index (κ1) is 19.8. The zero-order valence-corrected chi connectivity index (χ0v) is 17.6. The summed E-state index contributed by atoms with van der Waals surface area (Å²) in [5.41, 5.74) is 6.19. The number of anilines is 1. The van der Waals surface area contributed by atoms with Crippen LogP contribution in [0.4, 0.5) is 5.69 Å². The van der Waals surface area contributed by atoms with Crippen molar-refractivity contribution >= 4 is 23.4 Å². The van der Waals surface area contributed by atoms with Crippen molar-refractivity contribution in [1.82, 2.24) is 20.2 Å². The van der Waals surface area contributed by atoms with Crippen LogP contribution in [-0.2, 0) is 4.79 Å². The largest absolute Gasteiger partial charge is 0.325 e. The molecule has 3 aromatic carbocycles. The van der Waals surface area contributed by atoms with Crippen LogP contribution in [0.1, 0.15) is 11.1 Å². The van der Waals surface area contributed by atoms with Crippen LogP contribution in [0.2, 0.25) is 0 Å². The Hall–Kier alpha value is -3.45. The number of nitrogens with one attached hydrogen (secondary N) is 1. The van der Waals surface area contributed by atoms with Crippen molar-refractivity contribution in [3.8, 4) is 16.8 Å². The Morgan fingerprint density at radius 1 is 0.933 bits per heavy atom. The quantitative estimate of drug-likeness (QED) is 0.463. The van der Waals surface area contributed by atoms with E-state index < -0.39 is 0 Å². The molecule has 0 bridgehead atoms. The Balaban J connectivity index is 1.39. The fourth-order valence-electron chi connectivity index (χ4n) is 3.09. The Kier molecular flexibility index (Phi) is 5.90. The van der Waals surface area contributed by atoms with Gasteiger partial charge in [-0.05, 0) is 64.7 Å². The average molecular weight is 416 g/mol. The number of amides is 1. The number of benzene rings is 3. The predicted molar refractivity (Wildman–Crippen MR) is 120 cm³/mol. The van der Waals surface area contributed by atoms with Gasteiger partial charge in [0.25, 0.3) is 0 Å². The number of nitrogens with zero attached hydrogens (tertiary/aromatic N) is 4. The van der Waals surface area contributed by atoms with Gasteiger partial charge in [-0.1, -0.05) is 66.4 Å². The molecule has 0 saturated carbocycles. The minimum absolute atomic E-state index is 0.108. The average Bonchev–Trinajstić information content (AvgIpc) is 3.24. The summed E-state index contributed by atoms with van der Waals surface area (Å²) in [6.07, 6.45) is 0. The van der Waals surface area contributed by atoms with Crippen molar-refractivity contribution in [2.45, 2.75) is 19.0 Å². The van der Waals surface area contributed by atoms with Gasteiger partial charge in [0.05, 0.1) is 11.4 Å². The van der Waals surface area contributed by atoms with Crippen LogP contribution >= 0.6 is 11.8 Å². The molecule has 0 spiro atoms. The number of thioether (sulfide) groups is 1. The lowest BCUT2D eigenvalue weighted by Crippen LogP contribution is -2.14. The van der Waals surface area contributed by atoms with Gasteiger partial charge in [-0.25, -0.2) is 0 Å². The molecule has 6 nitrogen and oxygen atoms in total. The summed E-state index contributed by atoms with van der Waals surface area (Å²) >= 11 is 1.31. The number of carbonyl (C=O) groups is 1. The highest BCUT2D eigenvalue weighted by Gasteiger charge is 2.14. The molecular weight excluding hydrogens is 394 g/mol. The van der Waals surface area contributed by atoms with E-state index in [2.05, 4.69) is 33.0 Å². The van der Waals surface area contributed by atoms with Crippen molar-refractivity contribution in [3.63, 3.8) is 0 Å². The van der Waals surface area contributed by atoms with Crippen molar-refractivity contribution in [2.75, 3.05) is 11.1 Å². The molecule has 4 rings (SSSR count). The monoisotopic (exact) mass is 415 g/mol. The highest BCUT2D eigenvalue weighted by Crippen LogP contribution is 2.23. The fraction of sp³-hybridized carbons (Fsp3) is 0.130. The molecule has 0 unspecified atom stereocenters. The first-order valence-corrected chi connectivity index (χ1v) is 10.5. The third-order valence-corrected chi connectivity index (χ3v) is 5.77. The number of tetrazole rings is 1. The molecule has 4 aromatic rings. The molecule has 1 amide bonds. The smallest absolute Gasteiger partial charge is 0.234 e. The molecule has 0 radical (unpaired) electrons. The summed E-state index contributed by atoms with van der Waals surface area (Å²) in [6, 6.07) is 23.9. The highest BCUT2D eigenvalue weighted by atomic mass is 32.2. The van der Waals surface area contributed by atoms with Crippen LogP contribution < -0.4 is 5.32 Å².